The summed E-state index contributed by atoms with van der Waals surface area (Å²) in [5, 5.41) is 10.9. The van der Waals surface area contributed by atoms with Crippen molar-refractivity contribution in [2.24, 2.45) is 5.92 Å². The molecule has 0 saturated carbocycles. The Bertz CT molecular complexity index is 505. The Morgan fingerprint density at radius 2 is 1.89 bits per heavy atom. The van der Waals surface area contributed by atoms with Crippen LogP contribution in [0.1, 0.15) is 23.7 Å². The third-order valence-electron chi connectivity index (χ3n) is 2.63. The highest BCUT2D eigenvalue weighted by atomic mass is 19.2. The molecule has 1 unspecified atom stereocenters. The number of hydrogen-bond acceptors (Lipinski definition) is 2. The first-order chi connectivity index (χ1) is 8.88. The molecule has 1 amide bonds. The van der Waals surface area contributed by atoms with E-state index in [1.54, 1.807) is 6.92 Å². The fraction of sp³-hybridized carbons (Fsp3) is 0.333. The van der Waals surface area contributed by atoms with Crippen molar-refractivity contribution in [3.05, 3.63) is 35.1 Å². The van der Waals surface area contributed by atoms with Crippen molar-refractivity contribution < 1.29 is 27.9 Å². The number of halogens is 3. The number of benzene rings is 1. The fourth-order valence-corrected chi connectivity index (χ4v) is 1.42. The molecule has 19 heavy (non-hydrogen) atoms. The van der Waals surface area contributed by atoms with Crippen LogP contribution in [-0.2, 0) is 4.79 Å². The number of carboxylic acids is 1. The minimum Gasteiger partial charge on any atom is -0.481 e. The van der Waals surface area contributed by atoms with E-state index < -0.39 is 40.8 Å². The zero-order chi connectivity index (χ0) is 14.6. The lowest BCUT2D eigenvalue weighted by Crippen LogP contribution is -2.33. The van der Waals surface area contributed by atoms with Crippen molar-refractivity contribution in [1.29, 1.82) is 0 Å². The number of amides is 1. The maximum absolute atomic E-state index is 13.3. The van der Waals surface area contributed by atoms with E-state index in [-0.39, 0.29) is 13.0 Å². The first-order valence-electron chi connectivity index (χ1n) is 5.53. The minimum absolute atomic E-state index is 0.219. The number of nitrogens with one attached hydrogen (secondary N) is 1. The van der Waals surface area contributed by atoms with Gasteiger partial charge in [-0.3, -0.25) is 9.59 Å². The molecular weight excluding hydrogens is 263 g/mol. The predicted molar refractivity (Wildman–Crippen MR) is 60.1 cm³/mol. The molecule has 0 radical (unpaired) electrons. The summed E-state index contributed by atoms with van der Waals surface area (Å²) >= 11 is 0. The molecule has 0 aliphatic heterocycles. The standard InChI is InChI=1S/C12H12F3NO3/c1-2-6(12(18)19)5-16-11(17)7-3-4-8(13)10(15)9(7)14/h3-4,6H,2,5H2,1H3,(H,16,17)(H,18,19). The van der Waals surface area contributed by atoms with Crippen LogP contribution in [-0.4, -0.2) is 23.5 Å². The topological polar surface area (TPSA) is 66.4 Å². The van der Waals surface area contributed by atoms with Gasteiger partial charge < -0.3 is 10.4 Å². The molecule has 0 aliphatic carbocycles. The van der Waals surface area contributed by atoms with Gasteiger partial charge in [-0.2, -0.15) is 0 Å². The molecule has 0 bridgehead atoms. The molecule has 0 aromatic heterocycles. The number of carbonyl (C=O) groups excluding carboxylic acids is 1. The van der Waals surface area contributed by atoms with Gasteiger partial charge in [0.15, 0.2) is 17.5 Å². The third kappa shape index (κ3) is 3.46. The highest BCUT2D eigenvalue weighted by Crippen LogP contribution is 2.15. The number of carboxylic acid groups (broad SMARTS) is 1. The van der Waals surface area contributed by atoms with E-state index in [2.05, 4.69) is 5.32 Å². The van der Waals surface area contributed by atoms with Crippen LogP contribution >= 0.6 is 0 Å². The lowest BCUT2D eigenvalue weighted by Gasteiger charge is -2.11. The second kappa shape index (κ2) is 6.21. The highest BCUT2D eigenvalue weighted by Gasteiger charge is 2.21. The molecule has 0 heterocycles. The van der Waals surface area contributed by atoms with Crippen molar-refractivity contribution in [3.8, 4) is 0 Å². The lowest BCUT2D eigenvalue weighted by molar-refractivity contribution is -0.141. The average Bonchev–Trinajstić information content (AvgIpc) is 2.36. The van der Waals surface area contributed by atoms with Crippen LogP contribution in [0.15, 0.2) is 12.1 Å². The summed E-state index contributed by atoms with van der Waals surface area (Å²) in [5.74, 6) is -7.65. The lowest BCUT2D eigenvalue weighted by atomic mass is 10.1. The summed E-state index contributed by atoms with van der Waals surface area (Å²) in [6.07, 6.45) is 0.274. The molecule has 104 valence electrons. The van der Waals surface area contributed by atoms with E-state index in [0.29, 0.717) is 6.07 Å². The number of aliphatic carboxylic acids is 1. The number of rotatable bonds is 5. The molecule has 4 nitrogen and oxygen atoms in total. The molecule has 1 rings (SSSR count). The van der Waals surface area contributed by atoms with Crippen molar-refractivity contribution in [2.75, 3.05) is 6.54 Å². The normalized spacial score (nSPS) is 12.0. The van der Waals surface area contributed by atoms with E-state index in [4.69, 9.17) is 5.11 Å². The summed E-state index contributed by atoms with van der Waals surface area (Å²) in [5.41, 5.74) is -0.667. The van der Waals surface area contributed by atoms with Crippen LogP contribution in [0.4, 0.5) is 13.2 Å². The number of carbonyl (C=O) groups is 2. The van der Waals surface area contributed by atoms with Crippen molar-refractivity contribution >= 4 is 11.9 Å². The van der Waals surface area contributed by atoms with Crippen LogP contribution < -0.4 is 5.32 Å². The monoisotopic (exact) mass is 275 g/mol. The summed E-state index contributed by atoms with van der Waals surface area (Å²) < 4.78 is 38.9. The molecule has 0 fully saturated rings. The molecule has 0 saturated heterocycles. The maximum atomic E-state index is 13.3. The Balaban J connectivity index is 2.80. The van der Waals surface area contributed by atoms with Gasteiger partial charge in [-0.25, -0.2) is 13.2 Å². The van der Waals surface area contributed by atoms with Crippen molar-refractivity contribution in [3.63, 3.8) is 0 Å². The minimum atomic E-state index is -1.74. The van der Waals surface area contributed by atoms with Crippen LogP contribution in [0.3, 0.4) is 0 Å². The van der Waals surface area contributed by atoms with Crippen molar-refractivity contribution in [2.45, 2.75) is 13.3 Å². The van der Waals surface area contributed by atoms with Gasteiger partial charge in [-0.15, -0.1) is 0 Å². The smallest absolute Gasteiger partial charge is 0.308 e. The summed E-state index contributed by atoms with van der Waals surface area (Å²) in [6.45, 7) is 1.40. The van der Waals surface area contributed by atoms with Gasteiger partial charge in [0.1, 0.15) is 0 Å². The van der Waals surface area contributed by atoms with E-state index >= 15 is 0 Å². The summed E-state index contributed by atoms with van der Waals surface area (Å²) in [6, 6.07) is 1.42. The molecule has 2 N–H and O–H groups in total. The fourth-order valence-electron chi connectivity index (χ4n) is 1.42. The zero-order valence-electron chi connectivity index (χ0n) is 10.0. The van der Waals surface area contributed by atoms with Gasteiger partial charge >= 0.3 is 5.97 Å². The molecule has 1 atom stereocenters. The van der Waals surface area contributed by atoms with Gasteiger partial charge in [0, 0.05) is 6.54 Å². The van der Waals surface area contributed by atoms with Crippen LogP contribution in [0.25, 0.3) is 0 Å². The van der Waals surface area contributed by atoms with E-state index in [9.17, 15) is 22.8 Å². The van der Waals surface area contributed by atoms with Gasteiger partial charge in [0.25, 0.3) is 5.91 Å². The molecule has 0 spiro atoms. The molecule has 1 aromatic carbocycles. The highest BCUT2D eigenvalue weighted by molar-refractivity contribution is 5.94. The Morgan fingerprint density at radius 3 is 2.42 bits per heavy atom. The molecule has 0 aliphatic rings. The molecular formula is C12H12F3NO3. The predicted octanol–water partition coefficient (Wildman–Crippen LogP) is 1.94. The molecule has 1 aromatic rings. The van der Waals surface area contributed by atoms with Crippen LogP contribution in [0.5, 0.6) is 0 Å². The molecule has 7 heteroatoms. The van der Waals surface area contributed by atoms with E-state index in [0.717, 1.165) is 6.07 Å². The van der Waals surface area contributed by atoms with Crippen LogP contribution in [0.2, 0.25) is 0 Å². The number of hydrogen-bond donors (Lipinski definition) is 2. The maximum Gasteiger partial charge on any atom is 0.308 e. The second-order valence-corrected chi connectivity index (χ2v) is 3.88. The third-order valence-corrected chi connectivity index (χ3v) is 2.63. The second-order valence-electron chi connectivity index (χ2n) is 3.88. The largest absolute Gasteiger partial charge is 0.481 e. The van der Waals surface area contributed by atoms with Crippen LogP contribution in [0, 0.1) is 23.4 Å². The van der Waals surface area contributed by atoms with E-state index in [1.807, 2.05) is 0 Å². The first-order valence-corrected chi connectivity index (χ1v) is 5.53. The van der Waals surface area contributed by atoms with E-state index in [1.165, 1.54) is 0 Å². The Labute approximate surface area is 107 Å². The first kappa shape index (κ1) is 15.0. The summed E-state index contributed by atoms with van der Waals surface area (Å²) in [7, 11) is 0. The Hall–Kier alpha value is -2.05. The Kier molecular flexibility index (Phi) is 4.91. The average molecular weight is 275 g/mol. The van der Waals surface area contributed by atoms with Gasteiger partial charge in [-0.1, -0.05) is 6.92 Å². The Morgan fingerprint density at radius 1 is 1.26 bits per heavy atom. The van der Waals surface area contributed by atoms with Crippen molar-refractivity contribution in [1.82, 2.24) is 5.32 Å². The van der Waals surface area contributed by atoms with Gasteiger partial charge in [-0.05, 0) is 18.6 Å². The quantitative estimate of drug-likeness (QED) is 0.807. The zero-order valence-corrected chi connectivity index (χ0v) is 10.0. The van der Waals surface area contributed by atoms with Gasteiger partial charge in [0.05, 0.1) is 11.5 Å². The van der Waals surface area contributed by atoms with Gasteiger partial charge in [0.2, 0.25) is 0 Å². The SMILES string of the molecule is CCC(CNC(=O)c1ccc(F)c(F)c1F)C(=O)O. The summed E-state index contributed by atoms with van der Waals surface area (Å²) in [4.78, 5) is 22.2.